The number of carbonyl (C=O) groups excluding carboxylic acids is 2. The minimum absolute atomic E-state index is 0.187. The Kier molecular flexibility index (Phi) is 6.54. The maximum Gasteiger partial charge on any atom is 0.282 e. The van der Waals surface area contributed by atoms with Crippen LogP contribution in [0.1, 0.15) is 26.3 Å². The summed E-state index contributed by atoms with van der Waals surface area (Å²) in [5.74, 6) is 0.0286. The van der Waals surface area contributed by atoms with Crippen molar-refractivity contribution in [3.05, 3.63) is 57.1 Å². The number of nitro benzene ring substituents is 1. The number of nitro groups is 1. The van der Waals surface area contributed by atoms with Crippen molar-refractivity contribution in [1.82, 2.24) is 5.32 Å². The van der Waals surface area contributed by atoms with Crippen molar-refractivity contribution < 1.29 is 28.7 Å². The predicted molar refractivity (Wildman–Crippen MR) is 101 cm³/mol. The molecule has 0 atom stereocenters. The third-order valence-electron chi connectivity index (χ3n) is 4.07. The maximum atomic E-state index is 12.4. The van der Waals surface area contributed by atoms with Crippen molar-refractivity contribution in [2.45, 2.75) is 6.92 Å². The average molecular weight is 388 g/mol. The highest BCUT2D eigenvalue weighted by Crippen LogP contribution is 2.29. The zero-order valence-electron chi connectivity index (χ0n) is 15.9. The number of ether oxygens (including phenoxy) is 3. The number of rotatable bonds is 8. The first-order chi connectivity index (χ1) is 13.3. The summed E-state index contributed by atoms with van der Waals surface area (Å²) in [7, 11) is 4.32. The van der Waals surface area contributed by atoms with Gasteiger partial charge in [0, 0.05) is 17.7 Å². The van der Waals surface area contributed by atoms with E-state index in [-0.39, 0.29) is 17.8 Å². The lowest BCUT2D eigenvalue weighted by atomic mass is 10.1. The summed E-state index contributed by atoms with van der Waals surface area (Å²) in [6.45, 7) is 1.29. The van der Waals surface area contributed by atoms with Gasteiger partial charge in [-0.1, -0.05) is 0 Å². The van der Waals surface area contributed by atoms with Crippen molar-refractivity contribution in [2.75, 3.05) is 27.9 Å². The van der Waals surface area contributed by atoms with Gasteiger partial charge in [-0.15, -0.1) is 0 Å². The van der Waals surface area contributed by atoms with E-state index in [4.69, 9.17) is 14.2 Å². The van der Waals surface area contributed by atoms with E-state index < -0.39 is 16.6 Å². The number of nitrogens with one attached hydrogen (secondary N) is 1. The van der Waals surface area contributed by atoms with Gasteiger partial charge in [0.05, 0.1) is 32.8 Å². The van der Waals surface area contributed by atoms with E-state index in [1.807, 2.05) is 0 Å². The third kappa shape index (κ3) is 4.37. The SMILES string of the molecule is COc1cc(C(=O)NCC(=O)c2ccc(OC)c(OC)c2)c([N+](=O)[O-])cc1C. The number of nitrogens with zero attached hydrogens (tertiary/aromatic N) is 1. The molecule has 2 rings (SSSR count). The Balaban J connectivity index is 2.20. The lowest BCUT2D eigenvalue weighted by Gasteiger charge is -2.11. The molecule has 28 heavy (non-hydrogen) atoms. The van der Waals surface area contributed by atoms with Gasteiger partial charge in [0.2, 0.25) is 0 Å². The summed E-state index contributed by atoms with van der Waals surface area (Å²) in [5.41, 5.74) is 0.267. The van der Waals surface area contributed by atoms with Crippen molar-refractivity contribution in [2.24, 2.45) is 0 Å². The van der Waals surface area contributed by atoms with E-state index in [1.54, 1.807) is 13.0 Å². The second kappa shape index (κ2) is 8.85. The summed E-state index contributed by atoms with van der Waals surface area (Å²) in [6.07, 6.45) is 0. The fourth-order valence-corrected chi connectivity index (χ4v) is 2.59. The minimum atomic E-state index is -0.751. The molecule has 0 saturated heterocycles. The predicted octanol–water partition coefficient (Wildman–Crippen LogP) is 2.54. The molecule has 9 heteroatoms. The van der Waals surface area contributed by atoms with E-state index in [9.17, 15) is 19.7 Å². The molecular weight excluding hydrogens is 368 g/mol. The Morgan fingerprint density at radius 2 is 1.64 bits per heavy atom. The van der Waals surface area contributed by atoms with Crippen LogP contribution in [0.3, 0.4) is 0 Å². The molecule has 0 spiro atoms. The molecule has 0 bridgehead atoms. The van der Waals surface area contributed by atoms with Gasteiger partial charge in [-0.2, -0.15) is 0 Å². The summed E-state index contributed by atoms with van der Waals surface area (Å²) < 4.78 is 15.4. The number of carbonyl (C=O) groups is 2. The molecule has 1 amide bonds. The van der Waals surface area contributed by atoms with Gasteiger partial charge in [-0.3, -0.25) is 19.7 Å². The second-order valence-corrected chi connectivity index (χ2v) is 5.77. The zero-order chi connectivity index (χ0) is 20.8. The first-order valence-electron chi connectivity index (χ1n) is 8.18. The Bertz CT molecular complexity index is 925. The summed E-state index contributed by atoms with van der Waals surface area (Å²) in [6, 6.07) is 7.13. The molecule has 0 unspecified atom stereocenters. The minimum Gasteiger partial charge on any atom is -0.496 e. The monoisotopic (exact) mass is 388 g/mol. The Morgan fingerprint density at radius 3 is 2.21 bits per heavy atom. The molecule has 2 aromatic rings. The van der Waals surface area contributed by atoms with Gasteiger partial charge < -0.3 is 19.5 Å². The highest BCUT2D eigenvalue weighted by Gasteiger charge is 2.23. The van der Waals surface area contributed by atoms with E-state index in [0.29, 0.717) is 28.4 Å². The van der Waals surface area contributed by atoms with Crippen LogP contribution in [0.25, 0.3) is 0 Å². The van der Waals surface area contributed by atoms with Gasteiger partial charge in [0.25, 0.3) is 11.6 Å². The van der Waals surface area contributed by atoms with Crippen molar-refractivity contribution in [3.8, 4) is 17.2 Å². The molecule has 0 fully saturated rings. The van der Waals surface area contributed by atoms with Gasteiger partial charge in [0.15, 0.2) is 17.3 Å². The van der Waals surface area contributed by atoms with Crippen LogP contribution in [0.4, 0.5) is 5.69 Å². The molecule has 0 aliphatic heterocycles. The molecule has 0 radical (unpaired) electrons. The van der Waals surface area contributed by atoms with E-state index in [0.717, 1.165) is 0 Å². The number of aryl methyl sites for hydroxylation is 1. The fourth-order valence-electron chi connectivity index (χ4n) is 2.59. The van der Waals surface area contributed by atoms with Crippen LogP contribution in [0.2, 0.25) is 0 Å². The average Bonchev–Trinajstić information content (AvgIpc) is 2.70. The van der Waals surface area contributed by atoms with Gasteiger partial charge in [-0.25, -0.2) is 0 Å². The van der Waals surface area contributed by atoms with Gasteiger partial charge >= 0.3 is 0 Å². The van der Waals surface area contributed by atoms with Crippen molar-refractivity contribution in [1.29, 1.82) is 0 Å². The number of amides is 1. The fraction of sp³-hybridized carbons (Fsp3) is 0.263. The van der Waals surface area contributed by atoms with Gasteiger partial charge in [0.1, 0.15) is 11.3 Å². The summed E-state index contributed by atoms with van der Waals surface area (Å²) in [4.78, 5) is 35.4. The van der Waals surface area contributed by atoms with Crippen molar-refractivity contribution >= 4 is 17.4 Å². The standard InChI is InChI=1S/C19H20N2O7/c1-11-7-14(21(24)25)13(9-17(11)27-3)19(23)20-10-15(22)12-5-6-16(26-2)18(8-12)28-4/h5-9H,10H2,1-4H3,(H,20,23). The Hall–Kier alpha value is -3.62. The molecule has 0 aliphatic rings. The summed E-state index contributed by atoms with van der Waals surface area (Å²) >= 11 is 0. The smallest absolute Gasteiger partial charge is 0.282 e. The van der Waals surface area contributed by atoms with Crippen LogP contribution in [0, 0.1) is 17.0 Å². The van der Waals surface area contributed by atoms with Crippen LogP contribution in [0.5, 0.6) is 17.2 Å². The first-order valence-corrected chi connectivity index (χ1v) is 8.18. The topological polar surface area (TPSA) is 117 Å². The molecule has 0 aromatic heterocycles. The maximum absolute atomic E-state index is 12.4. The zero-order valence-corrected chi connectivity index (χ0v) is 15.9. The van der Waals surface area contributed by atoms with Crippen LogP contribution in [-0.2, 0) is 0 Å². The lowest BCUT2D eigenvalue weighted by molar-refractivity contribution is -0.385. The Morgan fingerprint density at radius 1 is 1.00 bits per heavy atom. The van der Waals surface area contributed by atoms with Crippen LogP contribution < -0.4 is 19.5 Å². The quantitative estimate of drug-likeness (QED) is 0.419. The molecule has 1 N–H and O–H groups in total. The van der Waals surface area contributed by atoms with Crippen molar-refractivity contribution in [3.63, 3.8) is 0 Å². The van der Waals surface area contributed by atoms with E-state index >= 15 is 0 Å². The lowest BCUT2D eigenvalue weighted by Crippen LogP contribution is -2.30. The highest BCUT2D eigenvalue weighted by atomic mass is 16.6. The Labute approximate surface area is 161 Å². The highest BCUT2D eigenvalue weighted by molar-refractivity contribution is 6.04. The normalized spacial score (nSPS) is 10.1. The number of benzene rings is 2. The third-order valence-corrected chi connectivity index (χ3v) is 4.07. The molecule has 148 valence electrons. The molecule has 0 aliphatic carbocycles. The molecule has 0 saturated carbocycles. The molecule has 2 aromatic carbocycles. The van der Waals surface area contributed by atoms with Gasteiger partial charge in [-0.05, 0) is 30.7 Å². The number of hydrogen-bond acceptors (Lipinski definition) is 7. The summed E-state index contributed by atoms with van der Waals surface area (Å²) in [5, 5.41) is 13.7. The first kappa shape index (κ1) is 20.7. The number of hydrogen-bond donors (Lipinski definition) is 1. The van der Waals surface area contributed by atoms with E-state index in [1.165, 1.54) is 45.6 Å². The number of methoxy groups -OCH3 is 3. The second-order valence-electron chi connectivity index (χ2n) is 5.77. The molecule has 0 heterocycles. The van der Waals surface area contributed by atoms with Crippen LogP contribution >= 0.6 is 0 Å². The molecule has 9 nitrogen and oxygen atoms in total. The van der Waals surface area contributed by atoms with Crippen LogP contribution in [0.15, 0.2) is 30.3 Å². The number of Topliss-reactive ketones (excluding diaryl/α,β-unsaturated/α-hetero) is 1. The van der Waals surface area contributed by atoms with E-state index in [2.05, 4.69) is 5.32 Å². The van der Waals surface area contributed by atoms with Crippen LogP contribution in [-0.4, -0.2) is 44.5 Å². The molecular formula is C19H20N2O7. The number of ketones is 1. The largest absolute Gasteiger partial charge is 0.496 e.